The number of thioether (sulfide) groups is 1. The number of unbranched alkanes of at least 4 members (excludes halogenated alkanes) is 1. The molecular formula is C23H28N4O2S. The van der Waals surface area contributed by atoms with E-state index in [1.165, 1.54) is 17.3 Å². The number of benzene rings is 2. The molecule has 0 spiro atoms. The average molecular weight is 425 g/mol. The zero-order chi connectivity index (χ0) is 21.2. The molecule has 0 saturated heterocycles. The predicted octanol–water partition coefficient (Wildman–Crippen LogP) is 4.20. The second-order valence-corrected chi connectivity index (χ2v) is 7.83. The third-order valence-corrected chi connectivity index (χ3v) is 5.68. The Kier molecular flexibility index (Phi) is 8.32. The van der Waals surface area contributed by atoms with Gasteiger partial charge in [-0.05, 0) is 30.5 Å². The number of nitrogens with one attached hydrogen (secondary N) is 1. The van der Waals surface area contributed by atoms with Crippen LogP contribution in [0, 0.1) is 0 Å². The number of carbonyl (C=O) groups is 1. The molecule has 3 rings (SSSR count). The highest BCUT2D eigenvalue weighted by molar-refractivity contribution is 7.99. The molecule has 0 unspecified atom stereocenters. The molecule has 0 fully saturated rings. The molecule has 0 aliphatic carbocycles. The van der Waals surface area contributed by atoms with Gasteiger partial charge in [0.25, 0.3) is 0 Å². The molecule has 30 heavy (non-hydrogen) atoms. The van der Waals surface area contributed by atoms with Gasteiger partial charge in [0.2, 0.25) is 5.91 Å². The summed E-state index contributed by atoms with van der Waals surface area (Å²) >= 11 is 1.41. The lowest BCUT2D eigenvalue weighted by molar-refractivity contribution is -0.118. The summed E-state index contributed by atoms with van der Waals surface area (Å²) in [6, 6.07) is 18.1. The second kappa shape index (κ2) is 11.4. The van der Waals surface area contributed by atoms with Gasteiger partial charge in [-0.15, -0.1) is 10.2 Å². The number of carbonyl (C=O) groups excluding carboxylic acids is 1. The zero-order valence-electron chi connectivity index (χ0n) is 17.5. The summed E-state index contributed by atoms with van der Waals surface area (Å²) in [6.45, 7) is 3.53. The van der Waals surface area contributed by atoms with Crippen molar-refractivity contribution in [1.82, 2.24) is 20.1 Å². The van der Waals surface area contributed by atoms with E-state index in [-0.39, 0.29) is 5.91 Å². The number of rotatable bonds is 11. The lowest BCUT2D eigenvalue weighted by Gasteiger charge is -2.12. The normalized spacial score (nSPS) is 10.7. The Morgan fingerprint density at radius 3 is 2.63 bits per heavy atom. The van der Waals surface area contributed by atoms with Crippen LogP contribution < -0.4 is 10.1 Å². The van der Waals surface area contributed by atoms with E-state index in [9.17, 15) is 4.79 Å². The van der Waals surface area contributed by atoms with Crippen LogP contribution in [0.2, 0.25) is 0 Å². The minimum Gasteiger partial charge on any atom is -0.496 e. The van der Waals surface area contributed by atoms with E-state index in [2.05, 4.69) is 39.1 Å². The van der Waals surface area contributed by atoms with Crippen LogP contribution >= 0.6 is 11.8 Å². The van der Waals surface area contributed by atoms with Crippen LogP contribution in [-0.4, -0.2) is 40.1 Å². The first-order chi connectivity index (χ1) is 14.7. The Bertz CT molecular complexity index is 943. The fraction of sp³-hybridized carbons (Fsp3) is 0.348. The molecule has 1 N–H and O–H groups in total. The number of aromatic nitrogens is 3. The van der Waals surface area contributed by atoms with Crippen molar-refractivity contribution in [2.75, 3.05) is 19.4 Å². The molecule has 0 aliphatic rings. The lowest BCUT2D eigenvalue weighted by atomic mass is 10.1. The van der Waals surface area contributed by atoms with E-state index < -0.39 is 0 Å². The predicted molar refractivity (Wildman–Crippen MR) is 121 cm³/mol. The molecule has 2 aromatic carbocycles. The summed E-state index contributed by atoms with van der Waals surface area (Å²) in [5.74, 6) is 1.83. The van der Waals surface area contributed by atoms with Crippen molar-refractivity contribution < 1.29 is 9.53 Å². The van der Waals surface area contributed by atoms with E-state index in [1.807, 2.05) is 42.5 Å². The lowest BCUT2D eigenvalue weighted by Crippen LogP contribution is -2.26. The molecule has 0 radical (unpaired) electrons. The Balaban J connectivity index is 1.81. The Hall–Kier alpha value is -2.80. The van der Waals surface area contributed by atoms with Gasteiger partial charge in [0.15, 0.2) is 11.0 Å². The molecule has 1 heterocycles. The van der Waals surface area contributed by atoms with Crippen LogP contribution in [0.25, 0.3) is 11.4 Å². The minimum atomic E-state index is 0.0184. The third kappa shape index (κ3) is 5.86. The van der Waals surface area contributed by atoms with Crippen molar-refractivity contribution in [2.24, 2.45) is 0 Å². The van der Waals surface area contributed by atoms with Gasteiger partial charge in [-0.25, -0.2) is 0 Å². The van der Waals surface area contributed by atoms with E-state index in [0.29, 0.717) is 18.8 Å². The Morgan fingerprint density at radius 1 is 1.10 bits per heavy atom. The first-order valence-electron chi connectivity index (χ1n) is 10.2. The molecular weight excluding hydrogens is 396 g/mol. The third-order valence-electron chi connectivity index (χ3n) is 4.72. The maximum Gasteiger partial charge on any atom is 0.230 e. The van der Waals surface area contributed by atoms with Gasteiger partial charge < -0.3 is 14.6 Å². The van der Waals surface area contributed by atoms with E-state index in [4.69, 9.17) is 4.74 Å². The van der Waals surface area contributed by atoms with Crippen molar-refractivity contribution in [3.8, 4) is 17.1 Å². The van der Waals surface area contributed by atoms with Crippen LogP contribution in [0.1, 0.15) is 25.3 Å². The monoisotopic (exact) mass is 424 g/mol. The number of para-hydroxylation sites is 1. The Morgan fingerprint density at radius 2 is 1.87 bits per heavy atom. The van der Waals surface area contributed by atoms with Crippen molar-refractivity contribution in [3.05, 3.63) is 60.2 Å². The van der Waals surface area contributed by atoms with Gasteiger partial charge in [-0.3, -0.25) is 4.79 Å². The van der Waals surface area contributed by atoms with Crippen molar-refractivity contribution in [3.63, 3.8) is 0 Å². The van der Waals surface area contributed by atoms with Crippen LogP contribution in [0.4, 0.5) is 0 Å². The molecule has 0 bridgehead atoms. The summed E-state index contributed by atoms with van der Waals surface area (Å²) in [5.41, 5.74) is 2.13. The van der Waals surface area contributed by atoms with Crippen LogP contribution in [0.5, 0.6) is 5.75 Å². The minimum absolute atomic E-state index is 0.0184. The summed E-state index contributed by atoms with van der Waals surface area (Å²) in [5, 5.41) is 12.5. The SMILES string of the molecule is CCCCNC(=O)CSc1nnc(-c2ccccc2OC)n1CCc1ccccc1. The number of ether oxygens (including phenoxy) is 1. The van der Waals surface area contributed by atoms with Gasteiger partial charge in [-0.2, -0.15) is 0 Å². The molecule has 1 aromatic heterocycles. The van der Waals surface area contributed by atoms with Gasteiger partial charge in [0, 0.05) is 13.1 Å². The number of methoxy groups -OCH3 is 1. The van der Waals surface area contributed by atoms with E-state index >= 15 is 0 Å². The molecule has 0 atom stereocenters. The van der Waals surface area contributed by atoms with Crippen molar-refractivity contribution in [2.45, 2.75) is 37.9 Å². The molecule has 158 valence electrons. The maximum atomic E-state index is 12.1. The standard InChI is InChI=1S/C23H28N4O2S/c1-3-4-15-24-21(28)17-30-23-26-25-22(19-12-8-9-13-20(19)29-2)27(23)16-14-18-10-6-5-7-11-18/h5-13H,3-4,14-17H2,1-2H3,(H,24,28). The second-order valence-electron chi connectivity index (χ2n) is 6.89. The number of aryl methyl sites for hydroxylation is 1. The largest absolute Gasteiger partial charge is 0.496 e. The number of nitrogens with zero attached hydrogens (tertiary/aromatic N) is 3. The molecule has 0 aliphatic heterocycles. The quantitative estimate of drug-likeness (QED) is 0.369. The van der Waals surface area contributed by atoms with Gasteiger partial charge in [0.1, 0.15) is 5.75 Å². The first-order valence-corrected chi connectivity index (χ1v) is 11.2. The van der Waals surface area contributed by atoms with Crippen molar-refractivity contribution >= 4 is 17.7 Å². The average Bonchev–Trinajstić information content (AvgIpc) is 3.19. The van der Waals surface area contributed by atoms with Crippen LogP contribution in [0.15, 0.2) is 59.8 Å². The Labute approximate surface area is 182 Å². The molecule has 6 nitrogen and oxygen atoms in total. The topological polar surface area (TPSA) is 69.0 Å². The molecule has 1 amide bonds. The summed E-state index contributed by atoms with van der Waals surface area (Å²) in [6.07, 6.45) is 2.89. The van der Waals surface area contributed by atoms with Gasteiger partial charge in [-0.1, -0.05) is 67.6 Å². The number of hydrogen-bond acceptors (Lipinski definition) is 5. The van der Waals surface area contributed by atoms with Crippen molar-refractivity contribution in [1.29, 1.82) is 0 Å². The first kappa shape index (κ1) is 21.9. The highest BCUT2D eigenvalue weighted by Crippen LogP contribution is 2.31. The fourth-order valence-electron chi connectivity index (χ4n) is 3.10. The fourth-order valence-corrected chi connectivity index (χ4v) is 3.89. The number of hydrogen-bond donors (Lipinski definition) is 1. The van der Waals surface area contributed by atoms with Gasteiger partial charge >= 0.3 is 0 Å². The van der Waals surface area contributed by atoms with Crippen LogP contribution in [-0.2, 0) is 17.8 Å². The smallest absolute Gasteiger partial charge is 0.230 e. The zero-order valence-corrected chi connectivity index (χ0v) is 18.3. The molecule has 3 aromatic rings. The number of amides is 1. The summed E-state index contributed by atoms with van der Waals surface area (Å²) < 4.78 is 7.61. The molecule has 7 heteroatoms. The van der Waals surface area contributed by atoms with E-state index in [1.54, 1.807) is 7.11 Å². The highest BCUT2D eigenvalue weighted by Gasteiger charge is 2.18. The molecule has 0 saturated carbocycles. The van der Waals surface area contributed by atoms with E-state index in [0.717, 1.165) is 41.6 Å². The van der Waals surface area contributed by atoms with Gasteiger partial charge in [0.05, 0.1) is 18.4 Å². The summed E-state index contributed by atoms with van der Waals surface area (Å²) in [7, 11) is 1.65. The van der Waals surface area contributed by atoms with Crippen LogP contribution in [0.3, 0.4) is 0 Å². The highest BCUT2D eigenvalue weighted by atomic mass is 32.2. The summed E-state index contributed by atoms with van der Waals surface area (Å²) in [4.78, 5) is 12.1. The maximum absolute atomic E-state index is 12.1.